The predicted molar refractivity (Wildman–Crippen MR) is 104 cm³/mol. The summed E-state index contributed by atoms with van der Waals surface area (Å²) in [7, 11) is 0. The smallest absolute Gasteiger partial charge is 0.263 e. The average Bonchev–Trinajstić information content (AvgIpc) is 2.68. The van der Waals surface area contributed by atoms with Gasteiger partial charge in [-0.05, 0) is 43.7 Å². The van der Waals surface area contributed by atoms with Crippen LogP contribution < -0.4 is 9.64 Å². The average molecular weight is 346 g/mol. The van der Waals surface area contributed by atoms with E-state index in [4.69, 9.17) is 4.74 Å². The lowest BCUT2D eigenvalue weighted by atomic mass is 10.1. The molecule has 0 aliphatic heterocycles. The second-order valence-corrected chi connectivity index (χ2v) is 5.99. The standard InChI is InChI=1S/C22H22N2O2/c1-3-26-20-9-5-4-8-19(20)22(25)24(21-10-6-7-15-23-21)16-18-13-11-17(2)12-14-18/h4-15H,3,16H2,1-2H3. The maximum Gasteiger partial charge on any atom is 0.263 e. The normalized spacial score (nSPS) is 10.4. The molecule has 0 aliphatic rings. The summed E-state index contributed by atoms with van der Waals surface area (Å²) in [5, 5.41) is 0. The van der Waals surface area contributed by atoms with Crippen LogP contribution in [0.3, 0.4) is 0 Å². The Morgan fingerprint density at radius 1 is 1.00 bits per heavy atom. The van der Waals surface area contributed by atoms with Gasteiger partial charge in [0.2, 0.25) is 0 Å². The lowest BCUT2D eigenvalue weighted by Crippen LogP contribution is -2.31. The number of aryl methyl sites for hydroxylation is 1. The Hall–Kier alpha value is -3.14. The molecule has 2 aromatic carbocycles. The minimum atomic E-state index is -0.131. The summed E-state index contributed by atoms with van der Waals surface area (Å²) < 4.78 is 5.64. The molecule has 4 heteroatoms. The van der Waals surface area contributed by atoms with Gasteiger partial charge in [-0.1, -0.05) is 48.0 Å². The number of ether oxygens (including phenoxy) is 1. The molecule has 26 heavy (non-hydrogen) atoms. The molecular weight excluding hydrogens is 324 g/mol. The monoisotopic (exact) mass is 346 g/mol. The summed E-state index contributed by atoms with van der Waals surface area (Å²) >= 11 is 0. The van der Waals surface area contributed by atoms with Gasteiger partial charge in [0.1, 0.15) is 11.6 Å². The Bertz CT molecular complexity index is 861. The molecule has 0 fully saturated rings. The van der Waals surface area contributed by atoms with Crippen LogP contribution in [0.4, 0.5) is 5.82 Å². The zero-order chi connectivity index (χ0) is 18.4. The maximum atomic E-state index is 13.3. The van der Waals surface area contributed by atoms with Gasteiger partial charge in [-0.15, -0.1) is 0 Å². The summed E-state index contributed by atoms with van der Waals surface area (Å²) in [5.41, 5.74) is 2.77. The highest BCUT2D eigenvalue weighted by atomic mass is 16.5. The molecule has 3 aromatic rings. The fourth-order valence-corrected chi connectivity index (χ4v) is 2.72. The van der Waals surface area contributed by atoms with Crippen molar-refractivity contribution in [3.63, 3.8) is 0 Å². The third-order valence-electron chi connectivity index (χ3n) is 4.05. The van der Waals surface area contributed by atoms with Crippen molar-refractivity contribution in [3.8, 4) is 5.75 Å². The van der Waals surface area contributed by atoms with Crippen LogP contribution >= 0.6 is 0 Å². The number of anilines is 1. The number of hydrogen-bond donors (Lipinski definition) is 0. The number of aromatic nitrogens is 1. The molecule has 1 amide bonds. The van der Waals surface area contributed by atoms with Gasteiger partial charge in [-0.2, -0.15) is 0 Å². The van der Waals surface area contributed by atoms with Crippen molar-refractivity contribution in [2.24, 2.45) is 0 Å². The van der Waals surface area contributed by atoms with Gasteiger partial charge in [0.15, 0.2) is 0 Å². The van der Waals surface area contributed by atoms with E-state index >= 15 is 0 Å². The lowest BCUT2D eigenvalue weighted by Gasteiger charge is -2.23. The second-order valence-electron chi connectivity index (χ2n) is 5.99. The fourth-order valence-electron chi connectivity index (χ4n) is 2.72. The fraction of sp³-hybridized carbons (Fsp3) is 0.182. The molecule has 132 valence electrons. The summed E-state index contributed by atoms with van der Waals surface area (Å²) in [5.74, 6) is 1.07. The first-order valence-corrected chi connectivity index (χ1v) is 8.69. The highest BCUT2D eigenvalue weighted by Crippen LogP contribution is 2.24. The van der Waals surface area contributed by atoms with Crippen molar-refractivity contribution >= 4 is 11.7 Å². The molecule has 0 atom stereocenters. The molecule has 0 N–H and O–H groups in total. The van der Waals surface area contributed by atoms with Crippen LogP contribution in [0.2, 0.25) is 0 Å². The van der Waals surface area contributed by atoms with Gasteiger partial charge >= 0.3 is 0 Å². The molecule has 0 saturated heterocycles. The van der Waals surface area contributed by atoms with Crippen molar-refractivity contribution < 1.29 is 9.53 Å². The molecule has 1 heterocycles. The van der Waals surface area contributed by atoms with Gasteiger partial charge in [0.25, 0.3) is 5.91 Å². The number of carbonyl (C=O) groups is 1. The minimum Gasteiger partial charge on any atom is -0.493 e. The first-order valence-electron chi connectivity index (χ1n) is 8.69. The molecule has 0 saturated carbocycles. The molecule has 0 aliphatic carbocycles. The van der Waals surface area contributed by atoms with E-state index < -0.39 is 0 Å². The van der Waals surface area contributed by atoms with E-state index in [-0.39, 0.29) is 5.91 Å². The van der Waals surface area contributed by atoms with E-state index in [1.165, 1.54) is 5.56 Å². The van der Waals surface area contributed by atoms with Crippen molar-refractivity contribution in [1.82, 2.24) is 4.98 Å². The van der Waals surface area contributed by atoms with E-state index in [1.54, 1.807) is 17.2 Å². The molecular formula is C22H22N2O2. The van der Waals surface area contributed by atoms with Crippen LogP contribution in [0.15, 0.2) is 72.9 Å². The number of benzene rings is 2. The third kappa shape index (κ3) is 4.09. The summed E-state index contributed by atoms with van der Waals surface area (Å²) in [6.45, 7) is 4.90. The zero-order valence-electron chi connectivity index (χ0n) is 15.1. The van der Waals surface area contributed by atoms with Crippen LogP contribution in [0, 0.1) is 6.92 Å². The van der Waals surface area contributed by atoms with Crippen LogP contribution in [-0.2, 0) is 6.54 Å². The molecule has 0 unspecified atom stereocenters. The van der Waals surface area contributed by atoms with E-state index in [9.17, 15) is 4.79 Å². The van der Waals surface area contributed by atoms with E-state index in [0.29, 0.717) is 30.3 Å². The predicted octanol–water partition coefficient (Wildman–Crippen LogP) is 4.64. The summed E-state index contributed by atoms with van der Waals surface area (Å²) in [6, 6.07) is 21.0. The first-order chi connectivity index (χ1) is 12.7. The van der Waals surface area contributed by atoms with E-state index in [0.717, 1.165) is 5.56 Å². The molecule has 3 rings (SSSR count). The Labute approximate surface area is 154 Å². The number of rotatable bonds is 6. The summed E-state index contributed by atoms with van der Waals surface area (Å²) in [4.78, 5) is 19.4. The second kappa shape index (κ2) is 8.30. The Morgan fingerprint density at radius 2 is 1.73 bits per heavy atom. The number of para-hydroxylation sites is 1. The first kappa shape index (κ1) is 17.7. The number of carbonyl (C=O) groups excluding carboxylic acids is 1. The third-order valence-corrected chi connectivity index (χ3v) is 4.05. The topological polar surface area (TPSA) is 42.4 Å². The highest BCUT2D eigenvalue weighted by Gasteiger charge is 2.22. The molecule has 4 nitrogen and oxygen atoms in total. The quantitative estimate of drug-likeness (QED) is 0.653. The Morgan fingerprint density at radius 3 is 2.42 bits per heavy atom. The lowest BCUT2D eigenvalue weighted by molar-refractivity contribution is 0.0980. The van der Waals surface area contributed by atoms with Crippen LogP contribution in [-0.4, -0.2) is 17.5 Å². The molecule has 0 radical (unpaired) electrons. The van der Waals surface area contributed by atoms with E-state index in [2.05, 4.69) is 4.98 Å². The van der Waals surface area contributed by atoms with Crippen molar-refractivity contribution in [1.29, 1.82) is 0 Å². The molecule has 0 bridgehead atoms. The highest BCUT2D eigenvalue weighted by molar-refractivity contribution is 6.07. The summed E-state index contributed by atoms with van der Waals surface area (Å²) in [6.07, 6.45) is 1.69. The van der Waals surface area contributed by atoms with Gasteiger partial charge < -0.3 is 4.74 Å². The number of nitrogens with zero attached hydrogens (tertiary/aromatic N) is 2. The van der Waals surface area contributed by atoms with E-state index in [1.807, 2.05) is 74.5 Å². The number of amides is 1. The minimum absolute atomic E-state index is 0.131. The van der Waals surface area contributed by atoms with Crippen LogP contribution in [0.1, 0.15) is 28.4 Å². The van der Waals surface area contributed by atoms with Crippen LogP contribution in [0.25, 0.3) is 0 Å². The molecule has 1 aromatic heterocycles. The Balaban J connectivity index is 1.98. The number of pyridine rings is 1. The zero-order valence-corrected chi connectivity index (χ0v) is 15.1. The molecule has 0 spiro atoms. The van der Waals surface area contributed by atoms with Crippen molar-refractivity contribution in [3.05, 3.63) is 89.6 Å². The van der Waals surface area contributed by atoms with Gasteiger partial charge in [-0.25, -0.2) is 4.98 Å². The maximum absolute atomic E-state index is 13.3. The number of hydrogen-bond acceptors (Lipinski definition) is 3. The van der Waals surface area contributed by atoms with Crippen LogP contribution in [0.5, 0.6) is 5.75 Å². The van der Waals surface area contributed by atoms with Crippen molar-refractivity contribution in [2.45, 2.75) is 20.4 Å². The SMILES string of the molecule is CCOc1ccccc1C(=O)N(Cc1ccc(C)cc1)c1ccccn1. The van der Waals surface area contributed by atoms with Gasteiger partial charge in [0.05, 0.1) is 18.7 Å². The largest absolute Gasteiger partial charge is 0.493 e. The van der Waals surface area contributed by atoms with Gasteiger partial charge in [-0.3, -0.25) is 9.69 Å². The van der Waals surface area contributed by atoms with Crippen molar-refractivity contribution in [2.75, 3.05) is 11.5 Å². The Kier molecular flexibility index (Phi) is 5.64. The van der Waals surface area contributed by atoms with Gasteiger partial charge in [0, 0.05) is 6.20 Å².